The molecule has 0 spiro atoms. The molecule has 0 amide bonds. The molecule has 2 saturated heterocycles. The van der Waals surface area contributed by atoms with Crippen LogP contribution in [-0.2, 0) is 30.3 Å². The first-order valence-electron chi connectivity index (χ1n) is 14.3. The molecule has 4 aromatic rings. The van der Waals surface area contributed by atoms with Crippen LogP contribution in [0.3, 0.4) is 0 Å². The van der Waals surface area contributed by atoms with Crippen molar-refractivity contribution in [3.05, 3.63) is 131 Å². The highest BCUT2D eigenvalue weighted by Gasteiger charge is 2.52. The van der Waals surface area contributed by atoms with Gasteiger partial charge in [0.25, 0.3) is 0 Å². The van der Waals surface area contributed by atoms with Crippen molar-refractivity contribution in [2.75, 3.05) is 13.7 Å². The van der Waals surface area contributed by atoms with Crippen LogP contribution in [0.2, 0.25) is 0 Å². The van der Waals surface area contributed by atoms with Crippen LogP contribution in [0.25, 0.3) is 0 Å². The third kappa shape index (κ3) is 7.12. The largest absolute Gasteiger partial charge is 0.497 e. The summed E-state index contributed by atoms with van der Waals surface area (Å²) in [5.41, 5.74) is 2.88. The summed E-state index contributed by atoms with van der Waals surface area (Å²) in [5, 5.41) is 0. The number of hydrogen-bond donors (Lipinski definition) is 0. The summed E-state index contributed by atoms with van der Waals surface area (Å²) in [6.45, 7) is 2.62. The second-order valence-electron chi connectivity index (χ2n) is 10.5. The Morgan fingerprint density at radius 3 is 2.23 bits per heavy atom. The van der Waals surface area contributed by atoms with Crippen LogP contribution in [0.1, 0.15) is 33.3 Å². The minimum Gasteiger partial charge on any atom is -0.497 e. The Hall–Kier alpha value is -3.66. The van der Waals surface area contributed by atoms with Gasteiger partial charge < -0.3 is 28.4 Å². The molecular formula is C35H34O7S. The fourth-order valence-corrected chi connectivity index (χ4v) is 6.27. The van der Waals surface area contributed by atoms with E-state index in [1.54, 1.807) is 19.2 Å². The molecule has 6 atom stereocenters. The highest BCUT2D eigenvalue weighted by Crippen LogP contribution is 2.41. The molecule has 2 heterocycles. The van der Waals surface area contributed by atoms with Gasteiger partial charge in [0.15, 0.2) is 12.4 Å². The van der Waals surface area contributed by atoms with Gasteiger partial charge in [-0.15, -0.1) is 0 Å². The Morgan fingerprint density at radius 2 is 1.53 bits per heavy atom. The van der Waals surface area contributed by atoms with Crippen molar-refractivity contribution in [3.8, 4) is 5.75 Å². The molecule has 4 aromatic carbocycles. The van der Waals surface area contributed by atoms with Crippen molar-refractivity contribution in [1.29, 1.82) is 0 Å². The molecule has 0 bridgehead atoms. The van der Waals surface area contributed by atoms with Crippen LogP contribution in [0.5, 0.6) is 5.75 Å². The van der Waals surface area contributed by atoms with Gasteiger partial charge in [0.2, 0.25) is 0 Å². The molecule has 0 aliphatic carbocycles. The normalized spacial score (nSPS) is 25.0. The average molecular weight is 599 g/mol. The molecule has 0 radical (unpaired) electrons. The molecular weight excluding hydrogens is 564 g/mol. The third-order valence-corrected chi connectivity index (χ3v) is 8.64. The molecule has 2 aliphatic rings. The Labute approximate surface area is 256 Å². The number of methoxy groups -OCH3 is 1. The summed E-state index contributed by atoms with van der Waals surface area (Å²) in [5.74, 6) is 0.310. The Kier molecular flexibility index (Phi) is 9.41. The second-order valence-corrected chi connectivity index (χ2v) is 11.7. The predicted octanol–water partition coefficient (Wildman–Crippen LogP) is 6.75. The van der Waals surface area contributed by atoms with Crippen LogP contribution >= 0.6 is 11.8 Å². The molecule has 7 nitrogen and oxygen atoms in total. The van der Waals surface area contributed by atoms with E-state index in [1.807, 2.05) is 104 Å². The van der Waals surface area contributed by atoms with E-state index in [1.165, 1.54) is 11.8 Å². The van der Waals surface area contributed by atoms with Crippen molar-refractivity contribution in [2.45, 2.75) is 54.6 Å². The summed E-state index contributed by atoms with van der Waals surface area (Å²) in [4.78, 5) is 14.5. The van der Waals surface area contributed by atoms with Gasteiger partial charge in [-0.3, -0.25) is 0 Å². The smallest absolute Gasteiger partial charge is 0.338 e. The zero-order valence-corrected chi connectivity index (χ0v) is 24.9. The van der Waals surface area contributed by atoms with Gasteiger partial charge in [-0.05, 0) is 48.9 Å². The van der Waals surface area contributed by atoms with E-state index in [0.29, 0.717) is 12.2 Å². The first-order valence-corrected chi connectivity index (χ1v) is 15.2. The molecule has 0 N–H and O–H groups in total. The van der Waals surface area contributed by atoms with Gasteiger partial charge in [-0.2, -0.15) is 0 Å². The number of benzene rings is 4. The number of carbonyl (C=O) groups excluding carboxylic acids is 1. The van der Waals surface area contributed by atoms with E-state index in [-0.39, 0.29) is 6.61 Å². The number of carbonyl (C=O) groups is 1. The standard InChI is InChI=1S/C35H34O7S/c1-23-13-19-28(20-14-23)43-35-32(41-33(36)25-9-5-3-6-10-25)31(38-21-24-15-17-27(37-2)18-16-24)30-29(40-35)22-39-34(42-30)26-11-7-4-8-12-26/h3-20,29-32,34-35H,21-22H2,1-2H3/t29-,30-,31+,32+,34?,35-/m1/s1. The summed E-state index contributed by atoms with van der Waals surface area (Å²) in [6, 6.07) is 34.6. The number of hydrogen-bond acceptors (Lipinski definition) is 8. The van der Waals surface area contributed by atoms with Gasteiger partial charge in [-0.1, -0.05) is 90.1 Å². The molecule has 0 aromatic heterocycles. The molecule has 6 rings (SSSR count). The van der Waals surface area contributed by atoms with Crippen molar-refractivity contribution < 1.29 is 33.2 Å². The van der Waals surface area contributed by atoms with E-state index in [2.05, 4.69) is 0 Å². The maximum Gasteiger partial charge on any atom is 0.338 e. The zero-order valence-electron chi connectivity index (χ0n) is 24.0. The number of fused-ring (bicyclic) bond motifs is 1. The van der Waals surface area contributed by atoms with Gasteiger partial charge in [-0.25, -0.2) is 4.79 Å². The van der Waals surface area contributed by atoms with Gasteiger partial charge in [0.05, 0.1) is 25.9 Å². The Bertz CT molecular complexity index is 1460. The van der Waals surface area contributed by atoms with Gasteiger partial charge >= 0.3 is 5.97 Å². The minimum absolute atomic E-state index is 0.277. The first-order chi connectivity index (χ1) is 21.1. The first kappa shape index (κ1) is 29.4. The third-order valence-electron chi connectivity index (χ3n) is 7.48. The fourth-order valence-electron chi connectivity index (χ4n) is 5.17. The topological polar surface area (TPSA) is 72.5 Å². The van der Waals surface area contributed by atoms with E-state index in [9.17, 15) is 4.79 Å². The summed E-state index contributed by atoms with van der Waals surface area (Å²) < 4.78 is 37.5. The second kappa shape index (κ2) is 13.8. The minimum atomic E-state index is -0.784. The molecule has 1 unspecified atom stereocenters. The maximum absolute atomic E-state index is 13.5. The molecule has 8 heteroatoms. The average Bonchev–Trinajstić information content (AvgIpc) is 3.06. The maximum atomic E-state index is 13.5. The SMILES string of the molecule is COc1ccc(CO[C@@H]2[C@H](OC(=O)c3ccccc3)[C@@H](Sc3ccc(C)cc3)O[C@@H]3COC(c4ccccc4)O[C@@H]23)cc1. The van der Waals surface area contributed by atoms with E-state index < -0.39 is 42.1 Å². The highest BCUT2D eigenvalue weighted by atomic mass is 32.2. The van der Waals surface area contributed by atoms with Crippen molar-refractivity contribution >= 4 is 17.7 Å². The van der Waals surface area contributed by atoms with Gasteiger partial charge in [0.1, 0.15) is 29.5 Å². The van der Waals surface area contributed by atoms with Crippen molar-refractivity contribution in [1.82, 2.24) is 0 Å². The van der Waals surface area contributed by atoms with Gasteiger partial charge in [0, 0.05) is 10.5 Å². The monoisotopic (exact) mass is 598 g/mol. The van der Waals surface area contributed by atoms with Crippen LogP contribution in [-0.4, -0.2) is 49.5 Å². The number of esters is 1. The lowest BCUT2D eigenvalue weighted by Gasteiger charge is -2.48. The summed E-state index contributed by atoms with van der Waals surface area (Å²) in [6.07, 6.45) is -3.03. The Balaban J connectivity index is 1.33. The number of rotatable bonds is 9. The van der Waals surface area contributed by atoms with Crippen LogP contribution < -0.4 is 4.74 Å². The van der Waals surface area contributed by atoms with Crippen molar-refractivity contribution in [2.24, 2.45) is 0 Å². The number of ether oxygens (including phenoxy) is 6. The quantitative estimate of drug-likeness (QED) is 0.196. The summed E-state index contributed by atoms with van der Waals surface area (Å²) >= 11 is 1.49. The summed E-state index contributed by atoms with van der Waals surface area (Å²) in [7, 11) is 1.64. The fraction of sp³-hybridized carbons (Fsp3) is 0.286. The highest BCUT2D eigenvalue weighted by molar-refractivity contribution is 7.99. The van der Waals surface area contributed by atoms with E-state index in [0.717, 1.165) is 27.3 Å². The molecule has 222 valence electrons. The molecule has 2 aliphatic heterocycles. The van der Waals surface area contributed by atoms with Crippen molar-refractivity contribution in [3.63, 3.8) is 0 Å². The lowest BCUT2D eigenvalue weighted by atomic mass is 9.98. The van der Waals surface area contributed by atoms with Crippen LogP contribution in [0.15, 0.2) is 114 Å². The Morgan fingerprint density at radius 1 is 0.837 bits per heavy atom. The number of aryl methyl sites for hydroxylation is 1. The molecule has 2 fully saturated rings. The lowest BCUT2D eigenvalue weighted by molar-refractivity contribution is -0.324. The number of thioether (sulfide) groups is 1. The van der Waals surface area contributed by atoms with Crippen LogP contribution in [0.4, 0.5) is 0 Å². The zero-order chi connectivity index (χ0) is 29.6. The molecule has 0 saturated carbocycles. The van der Waals surface area contributed by atoms with E-state index in [4.69, 9.17) is 28.4 Å². The lowest BCUT2D eigenvalue weighted by Crippen LogP contribution is -2.62. The van der Waals surface area contributed by atoms with Crippen LogP contribution in [0, 0.1) is 6.92 Å². The predicted molar refractivity (Wildman–Crippen MR) is 163 cm³/mol. The molecule has 43 heavy (non-hydrogen) atoms. The van der Waals surface area contributed by atoms with E-state index >= 15 is 0 Å².